The maximum atomic E-state index is 12.1. The van der Waals surface area contributed by atoms with Gasteiger partial charge in [0, 0.05) is 11.0 Å². The van der Waals surface area contributed by atoms with Crippen LogP contribution >= 0.6 is 15.9 Å². The van der Waals surface area contributed by atoms with Gasteiger partial charge >= 0.3 is 0 Å². The number of benzene rings is 1. The molecule has 0 saturated heterocycles. The van der Waals surface area contributed by atoms with Crippen LogP contribution in [-0.2, 0) is 16.4 Å². The molecule has 0 heterocycles. The average Bonchev–Trinajstić information content (AvgIpc) is 2.17. The van der Waals surface area contributed by atoms with Crippen LogP contribution in [0.25, 0.3) is 0 Å². The van der Waals surface area contributed by atoms with Crippen LogP contribution in [0.5, 0.6) is 0 Å². The first-order chi connectivity index (χ1) is 7.39. The summed E-state index contributed by atoms with van der Waals surface area (Å²) in [6.45, 7) is 3.93. The van der Waals surface area contributed by atoms with Crippen molar-refractivity contribution in [3.63, 3.8) is 0 Å². The van der Waals surface area contributed by atoms with Crippen molar-refractivity contribution >= 4 is 25.8 Å². The maximum Gasteiger partial charge on any atom is 0.181 e. The second-order valence-corrected chi connectivity index (χ2v) is 7.26. The number of halogens is 1. The molecule has 0 aliphatic rings. The number of hydrogen-bond acceptors (Lipinski definition) is 3. The van der Waals surface area contributed by atoms with E-state index >= 15 is 0 Å². The Balaban J connectivity index is 3.33. The topological polar surface area (TPSA) is 46.2 Å². The predicted octanol–water partition coefficient (Wildman–Crippen LogP) is 2.35. The Bertz CT molecular complexity index is 469. The number of hydrogen-bond donors (Lipinski definition) is 1. The van der Waals surface area contributed by atoms with Gasteiger partial charge in [0.2, 0.25) is 0 Å². The van der Waals surface area contributed by atoms with Gasteiger partial charge in [0.1, 0.15) is 0 Å². The molecule has 0 radical (unpaired) electrons. The third-order valence-corrected chi connectivity index (χ3v) is 5.06. The highest BCUT2D eigenvalue weighted by Crippen LogP contribution is 2.24. The van der Waals surface area contributed by atoms with Crippen molar-refractivity contribution in [2.75, 3.05) is 7.05 Å². The van der Waals surface area contributed by atoms with Gasteiger partial charge < -0.3 is 5.32 Å². The van der Waals surface area contributed by atoms with Crippen LogP contribution in [0.1, 0.15) is 19.4 Å². The van der Waals surface area contributed by atoms with E-state index in [-0.39, 0.29) is 0 Å². The fourth-order valence-corrected chi connectivity index (χ4v) is 3.08. The van der Waals surface area contributed by atoms with Crippen LogP contribution in [0.15, 0.2) is 27.6 Å². The summed E-state index contributed by atoms with van der Waals surface area (Å²) in [6, 6.07) is 5.26. The van der Waals surface area contributed by atoms with Gasteiger partial charge in [-0.05, 0) is 44.7 Å². The number of nitrogens with one attached hydrogen (secondary N) is 1. The Labute approximate surface area is 105 Å². The second-order valence-electron chi connectivity index (χ2n) is 3.88. The summed E-state index contributed by atoms with van der Waals surface area (Å²) >= 11 is 3.35. The lowest BCUT2D eigenvalue weighted by Gasteiger charge is -2.13. The lowest BCUT2D eigenvalue weighted by molar-refractivity contribution is 0.585. The van der Waals surface area contributed by atoms with Crippen molar-refractivity contribution in [1.29, 1.82) is 0 Å². The predicted molar refractivity (Wildman–Crippen MR) is 69.2 cm³/mol. The minimum atomic E-state index is -3.21. The Kier molecular flexibility index (Phi) is 4.52. The van der Waals surface area contributed by atoms with Crippen molar-refractivity contribution in [1.82, 2.24) is 5.32 Å². The van der Waals surface area contributed by atoms with Crippen LogP contribution in [0.2, 0.25) is 0 Å². The molecule has 0 atom stereocenters. The van der Waals surface area contributed by atoms with E-state index in [0.29, 0.717) is 11.4 Å². The molecule has 0 amide bonds. The Morgan fingerprint density at radius 1 is 1.38 bits per heavy atom. The Morgan fingerprint density at radius 2 is 2.00 bits per heavy atom. The zero-order valence-electron chi connectivity index (χ0n) is 9.62. The summed E-state index contributed by atoms with van der Waals surface area (Å²) < 4.78 is 25.1. The van der Waals surface area contributed by atoms with Crippen molar-refractivity contribution < 1.29 is 8.42 Å². The molecular formula is C11H16BrNO2S. The first kappa shape index (κ1) is 13.7. The summed E-state index contributed by atoms with van der Waals surface area (Å²) in [7, 11) is -1.41. The Hall–Kier alpha value is -0.390. The van der Waals surface area contributed by atoms with E-state index < -0.39 is 15.1 Å². The van der Waals surface area contributed by atoms with Gasteiger partial charge in [-0.15, -0.1) is 0 Å². The highest BCUT2D eigenvalue weighted by atomic mass is 79.9. The van der Waals surface area contributed by atoms with Crippen molar-refractivity contribution in [2.45, 2.75) is 30.5 Å². The lowest BCUT2D eigenvalue weighted by Crippen LogP contribution is -2.18. The van der Waals surface area contributed by atoms with Crippen molar-refractivity contribution in [3.05, 3.63) is 28.2 Å². The van der Waals surface area contributed by atoms with Crippen LogP contribution < -0.4 is 5.32 Å². The fourth-order valence-electron chi connectivity index (χ4n) is 1.41. The summed E-state index contributed by atoms with van der Waals surface area (Å²) in [5.41, 5.74) is 0.797. The molecule has 0 spiro atoms. The first-order valence-electron chi connectivity index (χ1n) is 5.06. The molecule has 1 aromatic rings. The molecule has 1 rings (SSSR count). The molecule has 0 bridgehead atoms. The number of sulfone groups is 1. The third-order valence-electron chi connectivity index (χ3n) is 2.32. The monoisotopic (exact) mass is 305 g/mol. The molecule has 0 fully saturated rings. The summed E-state index contributed by atoms with van der Waals surface area (Å²) in [5.74, 6) is 0. The average molecular weight is 306 g/mol. The summed E-state index contributed by atoms with van der Waals surface area (Å²) in [5, 5.41) is 2.58. The zero-order chi connectivity index (χ0) is 12.3. The van der Waals surface area contributed by atoms with Gasteiger partial charge in [-0.1, -0.05) is 15.9 Å². The lowest BCUT2D eigenvalue weighted by atomic mass is 10.2. The van der Waals surface area contributed by atoms with Gasteiger partial charge in [-0.3, -0.25) is 0 Å². The van der Waals surface area contributed by atoms with Gasteiger partial charge in [-0.2, -0.15) is 0 Å². The van der Waals surface area contributed by atoms with Crippen molar-refractivity contribution in [2.24, 2.45) is 0 Å². The SMILES string of the molecule is CNCc1cc(Br)ccc1S(=O)(=O)C(C)C. The van der Waals surface area contributed by atoms with E-state index in [1.54, 1.807) is 33.0 Å². The van der Waals surface area contributed by atoms with Gasteiger partial charge in [-0.25, -0.2) is 8.42 Å². The molecular weight excluding hydrogens is 290 g/mol. The molecule has 16 heavy (non-hydrogen) atoms. The van der Waals surface area contributed by atoms with E-state index in [0.717, 1.165) is 10.0 Å². The fraction of sp³-hybridized carbons (Fsp3) is 0.455. The molecule has 0 saturated carbocycles. The molecule has 0 aromatic heterocycles. The van der Waals surface area contributed by atoms with E-state index in [1.165, 1.54) is 0 Å². The molecule has 0 unspecified atom stereocenters. The minimum Gasteiger partial charge on any atom is -0.316 e. The van der Waals surface area contributed by atoms with Gasteiger partial charge in [0.25, 0.3) is 0 Å². The van der Waals surface area contributed by atoms with E-state index in [1.807, 2.05) is 6.07 Å². The van der Waals surface area contributed by atoms with E-state index in [4.69, 9.17) is 0 Å². The van der Waals surface area contributed by atoms with Crippen LogP contribution in [0.4, 0.5) is 0 Å². The van der Waals surface area contributed by atoms with Gasteiger partial charge in [0.05, 0.1) is 10.1 Å². The Morgan fingerprint density at radius 3 is 2.50 bits per heavy atom. The zero-order valence-corrected chi connectivity index (χ0v) is 12.0. The second kappa shape index (κ2) is 5.29. The highest BCUT2D eigenvalue weighted by molar-refractivity contribution is 9.10. The molecule has 0 aliphatic carbocycles. The van der Waals surface area contributed by atoms with Crippen LogP contribution in [0, 0.1) is 0 Å². The first-order valence-corrected chi connectivity index (χ1v) is 7.40. The van der Waals surface area contributed by atoms with Crippen LogP contribution in [0.3, 0.4) is 0 Å². The molecule has 1 aromatic carbocycles. The maximum absolute atomic E-state index is 12.1. The summed E-state index contributed by atoms with van der Waals surface area (Å²) in [4.78, 5) is 0.417. The number of rotatable bonds is 4. The molecule has 1 N–H and O–H groups in total. The standard InChI is InChI=1S/C11H16BrNO2S/c1-8(2)16(14,15)11-5-4-10(12)6-9(11)7-13-3/h4-6,8,13H,7H2,1-3H3. The van der Waals surface area contributed by atoms with E-state index in [2.05, 4.69) is 21.2 Å². The summed E-state index contributed by atoms with van der Waals surface area (Å²) in [6.07, 6.45) is 0. The minimum absolute atomic E-state index is 0.399. The molecule has 5 heteroatoms. The quantitative estimate of drug-likeness (QED) is 0.929. The third kappa shape index (κ3) is 2.84. The normalized spacial score (nSPS) is 12.1. The van der Waals surface area contributed by atoms with E-state index in [9.17, 15) is 8.42 Å². The van der Waals surface area contributed by atoms with Crippen molar-refractivity contribution in [3.8, 4) is 0 Å². The molecule has 90 valence electrons. The largest absolute Gasteiger partial charge is 0.316 e. The molecule has 0 aliphatic heterocycles. The molecule has 3 nitrogen and oxygen atoms in total. The highest BCUT2D eigenvalue weighted by Gasteiger charge is 2.22. The van der Waals surface area contributed by atoms with Gasteiger partial charge in [0.15, 0.2) is 9.84 Å². The van der Waals surface area contributed by atoms with Crippen LogP contribution in [-0.4, -0.2) is 20.7 Å². The smallest absolute Gasteiger partial charge is 0.181 e.